The highest BCUT2D eigenvalue weighted by molar-refractivity contribution is 6.09. The van der Waals surface area contributed by atoms with Gasteiger partial charge in [0.05, 0.1) is 50.8 Å². The Morgan fingerprint density at radius 2 is 1.06 bits per heavy atom. The van der Waals surface area contributed by atoms with Gasteiger partial charge in [0.15, 0.2) is 29.4 Å². The molecule has 10 rings (SSSR count). The van der Waals surface area contributed by atoms with Crippen molar-refractivity contribution >= 4 is 89.5 Å². The number of aliphatic hydroxyl groups excluding tert-OH is 1. The Morgan fingerprint density at radius 3 is 1.52 bits per heavy atom. The molecule has 0 spiro atoms. The first-order valence-corrected chi connectivity index (χ1v) is 35.6. The molecule has 4 fully saturated rings. The molecular formula is C79H89N9O24. The van der Waals surface area contributed by atoms with Gasteiger partial charge in [0, 0.05) is 66.9 Å². The number of amides is 4. The van der Waals surface area contributed by atoms with Gasteiger partial charge in [-0.2, -0.15) is 4.99 Å². The minimum atomic E-state index is -1.38. The van der Waals surface area contributed by atoms with Crippen LogP contribution in [0.15, 0.2) is 115 Å². The monoisotopic (exact) mass is 1550 g/mol. The van der Waals surface area contributed by atoms with Crippen molar-refractivity contribution in [1.29, 1.82) is 5.41 Å². The van der Waals surface area contributed by atoms with Crippen LogP contribution in [0, 0.1) is 24.2 Å². The third-order valence-corrected chi connectivity index (χ3v) is 16.6. The maximum Gasteiger partial charge on any atom is 0.511 e. The number of carboxylic acid groups (broad SMARTS) is 1. The molecular weight excluding hydrogens is 1460 g/mol. The number of aliphatic imine (C=N–C) groups is 1. The number of anilines is 1. The van der Waals surface area contributed by atoms with Crippen molar-refractivity contribution in [1.82, 2.24) is 25.9 Å². The van der Waals surface area contributed by atoms with Gasteiger partial charge in [-0.05, 0) is 178 Å². The standard InChI is InChI=1S/C40H44N4O11.C27H30N2O9.C12H15N3O4/c1-6-27-17-32(34(45)16-25-9-11-28(12-10-25)36(41)44-39(48)55-29-19-50-21-51-20-29)31(15-23(27)4)30-13-14-33(37(46)42-18-26-7-8-26)43-35(30)38(47)53-24(5)54-40(49)52-22(2)3;1-5-17-10-21(25(32)33)20(11-18(17)13-30)19-8-9-22(24(31)28-12-16-6-7-16)29-23(19)26(34)37-15(4)38-27(35)36-14(2)3;13-9-3-1-8(2-4-9)11(14)15-12(16)19-10-5-17-7-18-6-10/h6,9-15,17,22,24,26,29H,1,7-8,16,18-21H2,2-5H3,(H,42,46)(H2,41,44,48);5,8-11,14-16,30H,1,6-7,12-13H2,2-4H3,(H,28,31)(H,32,33);1-4,10H,5-7,13H2,(H2,14,15,16). The van der Waals surface area contributed by atoms with Gasteiger partial charge in [-0.1, -0.05) is 55.6 Å². The van der Waals surface area contributed by atoms with Crippen molar-refractivity contribution in [2.45, 2.75) is 124 Å². The molecule has 2 saturated carbocycles. The van der Waals surface area contributed by atoms with Gasteiger partial charge in [-0.3, -0.25) is 25.1 Å². The number of Topliss-reactive ketones (excluding diaryl/α,β-unsaturated/α-hetero) is 1. The number of benzene rings is 4. The van der Waals surface area contributed by atoms with Gasteiger partial charge >= 0.3 is 42.4 Å². The summed E-state index contributed by atoms with van der Waals surface area (Å²) >= 11 is 0. The maximum absolute atomic E-state index is 14.1. The number of nitrogens with zero attached hydrogens (tertiary/aromatic N) is 3. The molecule has 0 bridgehead atoms. The van der Waals surface area contributed by atoms with E-state index in [0.29, 0.717) is 82.8 Å². The zero-order valence-corrected chi connectivity index (χ0v) is 62.7. The molecule has 4 amide bonds. The summed E-state index contributed by atoms with van der Waals surface area (Å²) in [7, 11) is 0. The largest absolute Gasteiger partial charge is 0.511 e. The first-order valence-electron chi connectivity index (χ1n) is 35.6. The summed E-state index contributed by atoms with van der Waals surface area (Å²) in [5.74, 6) is -4.02. The Kier molecular flexibility index (Phi) is 31.2. The number of aliphatic hydroxyl groups is 1. The number of aromatic carboxylic acids is 1. The fraction of sp³-hybridized carbons (Fsp3) is 0.367. The number of carboxylic acids is 1. The number of nitrogen functional groups attached to an aromatic ring is 1. The molecule has 4 heterocycles. The van der Waals surface area contributed by atoms with Crippen molar-refractivity contribution in [2.75, 3.05) is 58.8 Å². The summed E-state index contributed by atoms with van der Waals surface area (Å²) in [6.07, 6.45) is -1.40. The van der Waals surface area contributed by atoms with Crippen molar-refractivity contribution < 1.29 is 115 Å². The zero-order chi connectivity index (χ0) is 81.3. The van der Waals surface area contributed by atoms with Crippen LogP contribution in [-0.4, -0.2) is 182 Å². The molecule has 2 atom stereocenters. The molecule has 10 N–H and O–H groups in total. The van der Waals surface area contributed by atoms with Crippen LogP contribution in [0.25, 0.3) is 34.4 Å². The van der Waals surface area contributed by atoms with E-state index >= 15 is 0 Å². The Bertz CT molecular complexity index is 4490. The molecule has 6 aromatic rings. The summed E-state index contributed by atoms with van der Waals surface area (Å²) in [4.78, 5) is 139. The van der Waals surface area contributed by atoms with Gasteiger partial charge in [-0.25, -0.2) is 43.5 Å². The molecule has 0 radical (unpaired) electrons. The van der Waals surface area contributed by atoms with Gasteiger partial charge in [0.1, 0.15) is 36.6 Å². The highest BCUT2D eigenvalue weighted by Gasteiger charge is 2.31. The first kappa shape index (κ1) is 85.3. The minimum absolute atomic E-state index is 0.0356. The number of carbonyl (C=O) groups is 10. The van der Waals surface area contributed by atoms with Crippen molar-refractivity contribution in [3.63, 3.8) is 0 Å². The number of nitrogens with two attached hydrogens (primary N) is 2. The lowest BCUT2D eigenvalue weighted by atomic mass is 9.89. The van der Waals surface area contributed by atoms with Crippen molar-refractivity contribution in [2.24, 2.45) is 22.6 Å². The molecule has 112 heavy (non-hydrogen) atoms. The van der Waals surface area contributed by atoms with Crippen LogP contribution in [0.1, 0.15) is 169 Å². The van der Waals surface area contributed by atoms with Crippen LogP contribution < -0.4 is 27.4 Å². The Morgan fingerprint density at radius 1 is 0.598 bits per heavy atom. The topological polar surface area (TPSA) is 472 Å². The second kappa shape index (κ2) is 40.9. The third-order valence-electron chi connectivity index (χ3n) is 16.6. The number of ether oxygens (including phenoxy) is 12. The van der Waals surface area contributed by atoms with Gasteiger partial charge < -0.3 is 89.2 Å². The van der Waals surface area contributed by atoms with E-state index in [1.807, 2.05) is 6.92 Å². The average molecular weight is 1550 g/mol. The molecule has 2 aliphatic carbocycles. The van der Waals surface area contributed by atoms with Crippen LogP contribution in [0.2, 0.25) is 0 Å². The molecule has 2 saturated heterocycles. The van der Waals surface area contributed by atoms with E-state index in [0.717, 1.165) is 31.2 Å². The molecule has 2 aliphatic heterocycles. The Balaban J connectivity index is 0.000000237. The molecule has 2 unspecified atom stereocenters. The van der Waals surface area contributed by atoms with Gasteiger partial charge in [0.2, 0.25) is 12.6 Å². The van der Waals surface area contributed by atoms with E-state index in [-0.39, 0.29) is 101 Å². The minimum Gasteiger partial charge on any atom is -0.478 e. The molecule has 33 heteroatoms. The van der Waals surface area contributed by atoms with Gasteiger partial charge in [-0.15, -0.1) is 0 Å². The smallest absolute Gasteiger partial charge is 0.478 e. The van der Waals surface area contributed by atoms with Crippen molar-refractivity contribution in [3.8, 4) is 22.3 Å². The van der Waals surface area contributed by atoms with E-state index in [4.69, 9.17) is 73.7 Å². The summed E-state index contributed by atoms with van der Waals surface area (Å²) in [5.41, 5.74) is 15.5. The summed E-state index contributed by atoms with van der Waals surface area (Å²) in [6, 6.07) is 25.0. The average Bonchev–Trinajstić information content (AvgIpc) is 0.997. The summed E-state index contributed by atoms with van der Waals surface area (Å²) in [6.45, 7) is 20.3. The quantitative estimate of drug-likeness (QED) is 0.00452. The van der Waals surface area contributed by atoms with E-state index in [1.165, 1.54) is 56.3 Å². The van der Waals surface area contributed by atoms with Crippen LogP contribution in [0.5, 0.6) is 0 Å². The predicted molar refractivity (Wildman–Crippen MR) is 403 cm³/mol. The number of ketones is 1. The summed E-state index contributed by atoms with van der Waals surface area (Å²) in [5, 5.41) is 35.9. The molecule has 594 valence electrons. The number of esters is 2. The molecule has 4 aliphatic rings. The fourth-order valence-electron chi connectivity index (χ4n) is 10.7. The number of pyridine rings is 2. The van der Waals surface area contributed by atoms with E-state index in [2.05, 4.69) is 44.1 Å². The number of aromatic nitrogens is 2. The lowest BCUT2D eigenvalue weighted by Gasteiger charge is -2.22. The van der Waals surface area contributed by atoms with E-state index in [9.17, 15) is 58.2 Å². The number of aryl methyl sites for hydroxylation is 1. The lowest BCUT2D eigenvalue weighted by Crippen LogP contribution is -2.39. The van der Waals surface area contributed by atoms with Crippen LogP contribution >= 0.6 is 0 Å². The lowest BCUT2D eigenvalue weighted by molar-refractivity contribution is -0.151. The Labute approximate surface area is 644 Å². The van der Waals surface area contributed by atoms with E-state index < -0.39 is 97.8 Å². The normalized spacial score (nSPS) is 14.6. The maximum atomic E-state index is 14.1. The molecule has 4 aromatic carbocycles. The number of hydrogen-bond acceptors (Lipinski definition) is 27. The highest BCUT2D eigenvalue weighted by atomic mass is 16.8. The van der Waals surface area contributed by atoms with Crippen molar-refractivity contribution in [3.05, 3.63) is 183 Å². The van der Waals surface area contributed by atoms with Crippen LogP contribution in [0.3, 0.4) is 0 Å². The molecule has 33 nitrogen and oxygen atoms in total. The number of amidine groups is 2. The highest BCUT2D eigenvalue weighted by Crippen LogP contribution is 2.35. The second-order valence-corrected chi connectivity index (χ2v) is 26.4. The Hall–Kier alpha value is -12.3. The van der Waals surface area contributed by atoms with E-state index in [1.54, 1.807) is 94.4 Å². The molecule has 2 aromatic heterocycles. The number of alkyl carbamates (subject to hydrolysis) is 1. The van der Waals surface area contributed by atoms with Crippen LogP contribution in [0.4, 0.5) is 24.9 Å². The SMILES string of the molecule is C=Cc1cc(C(=O)Cc2ccc(C(=N)NC(=O)OC3COCOC3)cc2)c(-c2ccc(C(=O)NCC3CC3)nc2C(=O)OC(C)OC(=O)OC(C)C)cc1C.C=Cc1cc(C(=O)O)c(-c2ccc(C(=O)NCC3CC3)nc2C(=O)OC(C)OC(=O)OC(C)C)cc1CO.NC(=NC(=O)OC1COCOC1)c1ccc(N)cc1. The number of carbonyl (C=O) groups excluding carboxylic acids is 9. The third kappa shape index (κ3) is 25.9. The number of nitrogens with one attached hydrogen (secondary N) is 4. The first-order chi connectivity index (χ1) is 53.5. The number of hydrogen-bond donors (Lipinski definition) is 8. The van der Waals surface area contributed by atoms with Crippen LogP contribution in [-0.2, 0) is 69.9 Å². The second-order valence-electron chi connectivity index (χ2n) is 26.4. The number of rotatable bonds is 27. The predicted octanol–water partition coefficient (Wildman–Crippen LogP) is 10.0. The zero-order valence-electron chi connectivity index (χ0n) is 62.7. The summed E-state index contributed by atoms with van der Waals surface area (Å²) < 4.78 is 61.0. The fourth-order valence-corrected chi connectivity index (χ4v) is 10.7. The van der Waals surface area contributed by atoms with Gasteiger partial charge in [0.25, 0.3) is 11.8 Å².